The molecule has 0 atom stereocenters. The third-order valence-electron chi connectivity index (χ3n) is 4.81. The minimum atomic E-state index is -0.207. The van der Waals surface area contributed by atoms with Gasteiger partial charge in [-0.1, -0.05) is 38.1 Å². The van der Waals surface area contributed by atoms with Crippen LogP contribution in [0.4, 0.5) is 5.69 Å². The lowest BCUT2D eigenvalue weighted by atomic mass is 9.87. The molecule has 2 N–H and O–H groups in total. The number of hydrogen-bond acceptors (Lipinski definition) is 4. The molecule has 2 aromatic rings. The van der Waals surface area contributed by atoms with E-state index in [1.165, 1.54) is 5.56 Å². The third-order valence-corrected chi connectivity index (χ3v) is 4.81. The van der Waals surface area contributed by atoms with Crippen molar-refractivity contribution >= 4 is 24.0 Å². The second-order valence-corrected chi connectivity index (χ2v) is 7.73. The molecule has 142 valence electrons. The highest BCUT2D eigenvalue weighted by Crippen LogP contribution is 2.24. The highest BCUT2D eigenvalue weighted by molar-refractivity contribution is 6.03. The zero-order valence-electron chi connectivity index (χ0n) is 15.9. The van der Waals surface area contributed by atoms with E-state index >= 15 is 0 Å². The molecule has 1 saturated heterocycles. The van der Waals surface area contributed by atoms with E-state index in [-0.39, 0.29) is 23.7 Å². The minimum absolute atomic E-state index is 0. The third kappa shape index (κ3) is 4.43. The molecule has 1 aromatic carbocycles. The quantitative estimate of drug-likeness (QED) is 0.858. The molecule has 3 rings (SSSR count). The number of carbonyl (C=O) groups is 1. The van der Waals surface area contributed by atoms with Gasteiger partial charge >= 0.3 is 0 Å². The fourth-order valence-corrected chi connectivity index (χ4v) is 3.19. The highest BCUT2D eigenvalue weighted by Gasteiger charge is 2.23. The zero-order valence-corrected chi connectivity index (χ0v) is 16.7. The SMILES string of the molecule is Cc1c(C(=O)Nc2ccc(C(C)(C)C)cc2)nnn1C1CCNCC1.Cl. The molecule has 0 spiro atoms. The summed E-state index contributed by atoms with van der Waals surface area (Å²) in [5, 5.41) is 14.6. The molecule has 0 unspecified atom stereocenters. The normalized spacial score (nSPS) is 15.4. The largest absolute Gasteiger partial charge is 0.321 e. The predicted molar refractivity (Wildman–Crippen MR) is 106 cm³/mol. The Morgan fingerprint density at radius 3 is 2.38 bits per heavy atom. The maximum atomic E-state index is 12.6. The Morgan fingerprint density at radius 2 is 1.81 bits per heavy atom. The van der Waals surface area contributed by atoms with Gasteiger partial charge in [0, 0.05) is 5.69 Å². The Balaban J connectivity index is 0.00000243. The van der Waals surface area contributed by atoms with Crippen LogP contribution < -0.4 is 10.6 Å². The molecular formula is C19H28ClN5O. The van der Waals surface area contributed by atoms with Gasteiger partial charge in [0.15, 0.2) is 5.69 Å². The summed E-state index contributed by atoms with van der Waals surface area (Å²) in [5.41, 5.74) is 3.33. The number of anilines is 1. The van der Waals surface area contributed by atoms with Crippen LogP contribution in [0.15, 0.2) is 24.3 Å². The van der Waals surface area contributed by atoms with Crippen molar-refractivity contribution in [1.82, 2.24) is 20.3 Å². The molecule has 1 fully saturated rings. The van der Waals surface area contributed by atoms with Crippen LogP contribution in [0.3, 0.4) is 0 Å². The summed E-state index contributed by atoms with van der Waals surface area (Å²) in [6.45, 7) is 10.4. The maximum Gasteiger partial charge on any atom is 0.278 e. The van der Waals surface area contributed by atoms with Crippen LogP contribution in [0.2, 0.25) is 0 Å². The van der Waals surface area contributed by atoms with E-state index in [0.29, 0.717) is 11.7 Å². The molecule has 1 amide bonds. The highest BCUT2D eigenvalue weighted by atomic mass is 35.5. The monoisotopic (exact) mass is 377 g/mol. The van der Waals surface area contributed by atoms with Gasteiger partial charge in [-0.25, -0.2) is 4.68 Å². The number of halogens is 1. The summed E-state index contributed by atoms with van der Waals surface area (Å²) in [5.74, 6) is -0.207. The number of rotatable bonds is 3. The average Bonchev–Trinajstić information content (AvgIpc) is 2.97. The first-order valence-electron chi connectivity index (χ1n) is 8.90. The summed E-state index contributed by atoms with van der Waals surface area (Å²) in [6, 6.07) is 8.29. The van der Waals surface area contributed by atoms with Gasteiger partial charge < -0.3 is 10.6 Å². The first-order valence-corrected chi connectivity index (χ1v) is 8.90. The van der Waals surface area contributed by atoms with Crippen molar-refractivity contribution in [3.8, 4) is 0 Å². The molecule has 7 heteroatoms. The molecule has 0 radical (unpaired) electrons. The summed E-state index contributed by atoms with van der Waals surface area (Å²) < 4.78 is 1.90. The van der Waals surface area contributed by atoms with Crippen LogP contribution >= 0.6 is 12.4 Å². The van der Waals surface area contributed by atoms with Crippen LogP contribution in [0, 0.1) is 6.92 Å². The van der Waals surface area contributed by atoms with Crippen molar-refractivity contribution in [2.75, 3.05) is 18.4 Å². The number of aromatic nitrogens is 3. The second-order valence-electron chi connectivity index (χ2n) is 7.73. The molecule has 2 heterocycles. The summed E-state index contributed by atoms with van der Waals surface area (Å²) in [4.78, 5) is 12.6. The fraction of sp³-hybridized carbons (Fsp3) is 0.526. The second kappa shape index (κ2) is 8.18. The maximum absolute atomic E-state index is 12.6. The van der Waals surface area contributed by atoms with Crippen LogP contribution in [0.25, 0.3) is 0 Å². The summed E-state index contributed by atoms with van der Waals surface area (Å²) in [7, 11) is 0. The van der Waals surface area contributed by atoms with Gasteiger partial charge in [-0.05, 0) is 56.0 Å². The Morgan fingerprint density at radius 1 is 1.19 bits per heavy atom. The number of carbonyl (C=O) groups excluding carboxylic acids is 1. The van der Waals surface area contributed by atoms with Gasteiger partial charge in [0.2, 0.25) is 0 Å². The van der Waals surface area contributed by atoms with Crippen LogP contribution in [-0.4, -0.2) is 34.0 Å². The summed E-state index contributed by atoms with van der Waals surface area (Å²) >= 11 is 0. The Kier molecular flexibility index (Phi) is 6.42. The number of benzene rings is 1. The van der Waals surface area contributed by atoms with Crippen molar-refractivity contribution in [3.05, 3.63) is 41.2 Å². The first kappa shape index (κ1) is 20.4. The van der Waals surface area contributed by atoms with Gasteiger partial charge in [0.05, 0.1) is 11.7 Å². The van der Waals surface area contributed by atoms with Crippen molar-refractivity contribution in [3.63, 3.8) is 0 Å². The minimum Gasteiger partial charge on any atom is -0.321 e. The lowest BCUT2D eigenvalue weighted by Crippen LogP contribution is -2.30. The van der Waals surface area contributed by atoms with Crippen molar-refractivity contribution < 1.29 is 4.79 Å². The lowest BCUT2D eigenvalue weighted by Gasteiger charge is -2.23. The van der Waals surface area contributed by atoms with E-state index in [2.05, 4.69) is 41.7 Å². The molecule has 1 aliphatic heterocycles. The molecule has 1 aromatic heterocycles. The van der Waals surface area contributed by atoms with E-state index in [1.54, 1.807) is 0 Å². The van der Waals surface area contributed by atoms with Crippen molar-refractivity contribution in [2.24, 2.45) is 0 Å². The van der Waals surface area contributed by atoms with E-state index in [0.717, 1.165) is 37.3 Å². The molecule has 6 nitrogen and oxygen atoms in total. The molecule has 26 heavy (non-hydrogen) atoms. The van der Waals surface area contributed by atoms with E-state index in [9.17, 15) is 4.79 Å². The fourth-order valence-electron chi connectivity index (χ4n) is 3.19. The Labute approximate surface area is 161 Å². The number of hydrogen-bond donors (Lipinski definition) is 2. The van der Waals surface area contributed by atoms with Gasteiger partial charge in [-0.2, -0.15) is 0 Å². The Bertz CT molecular complexity index is 742. The van der Waals surface area contributed by atoms with Crippen LogP contribution in [0.1, 0.15) is 61.4 Å². The number of nitrogens with one attached hydrogen (secondary N) is 2. The standard InChI is InChI=1S/C19H27N5O.ClH/c1-13-17(22-23-24(13)16-9-11-20-12-10-16)18(25)21-15-7-5-14(6-8-15)19(2,3)4;/h5-8,16,20H,9-12H2,1-4H3,(H,21,25);1H. The van der Waals surface area contributed by atoms with Crippen molar-refractivity contribution in [2.45, 2.75) is 52.0 Å². The number of amides is 1. The van der Waals surface area contributed by atoms with Crippen molar-refractivity contribution in [1.29, 1.82) is 0 Å². The first-order chi connectivity index (χ1) is 11.9. The van der Waals surface area contributed by atoms with E-state index in [4.69, 9.17) is 0 Å². The molecule has 0 bridgehead atoms. The van der Waals surface area contributed by atoms with E-state index < -0.39 is 0 Å². The molecule has 1 aliphatic rings. The van der Waals surface area contributed by atoms with Crippen LogP contribution in [0.5, 0.6) is 0 Å². The number of nitrogens with zero attached hydrogens (tertiary/aromatic N) is 3. The van der Waals surface area contributed by atoms with Gasteiger partial charge in [-0.3, -0.25) is 4.79 Å². The zero-order chi connectivity index (χ0) is 18.0. The Hall–Kier alpha value is -1.92. The molecule has 0 saturated carbocycles. The van der Waals surface area contributed by atoms with Gasteiger partial charge in [0.1, 0.15) is 0 Å². The summed E-state index contributed by atoms with van der Waals surface area (Å²) in [6.07, 6.45) is 2.03. The van der Waals surface area contributed by atoms with Gasteiger partial charge in [-0.15, -0.1) is 17.5 Å². The molecule has 0 aliphatic carbocycles. The lowest BCUT2D eigenvalue weighted by molar-refractivity contribution is 0.102. The van der Waals surface area contributed by atoms with Crippen LogP contribution in [-0.2, 0) is 5.41 Å². The average molecular weight is 378 g/mol. The van der Waals surface area contributed by atoms with E-state index in [1.807, 2.05) is 35.9 Å². The number of piperidine rings is 1. The topological polar surface area (TPSA) is 71.8 Å². The molecular weight excluding hydrogens is 350 g/mol. The smallest absolute Gasteiger partial charge is 0.278 e. The predicted octanol–water partition coefficient (Wildman–Crippen LogP) is 3.48. The van der Waals surface area contributed by atoms with Gasteiger partial charge in [0.25, 0.3) is 5.91 Å².